The average molecular weight is 289 g/mol. The van der Waals surface area contributed by atoms with Gasteiger partial charge in [-0.1, -0.05) is 15.9 Å². The highest BCUT2D eigenvalue weighted by Crippen LogP contribution is 2.16. The number of aliphatic carboxylic acids is 1. The Balaban J connectivity index is 2.88. The van der Waals surface area contributed by atoms with Crippen molar-refractivity contribution >= 4 is 27.7 Å². The quantitative estimate of drug-likeness (QED) is 0.684. The number of ketones is 1. The largest absolute Gasteiger partial charge is 0.481 e. The highest BCUT2D eigenvalue weighted by molar-refractivity contribution is 9.10. The minimum absolute atomic E-state index is 0.296. The Morgan fingerprint density at radius 2 is 2.12 bits per heavy atom. The standard InChI is InChI=1S/C11H10BrFO3/c1-6-4-7(2-3-9(6)13)11(16)8(12)5-10(14)15/h2-4,8H,5H2,1H3,(H,14,15). The van der Waals surface area contributed by atoms with E-state index in [1.807, 2.05) is 0 Å². The third kappa shape index (κ3) is 3.13. The molecular formula is C11H10BrFO3. The van der Waals surface area contributed by atoms with Gasteiger partial charge in [0.15, 0.2) is 5.78 Å². The van der Waals surface area contributed by atoms with E-state index in [0.29, 0.717) is 11.1 Å². The number of rotatable bonds is 4. The molecule has 0 heterocycles. The third-order valence-corrected chi connectivity index (χ3v) is 2.82. The summed E-state index contributed by atoms with van der Waals surface area (Å²) in [5.41, 5.74) is 0.669. The molecule has 0 aromatic heterocycles. The predicted octanol–water partition coefficient (Wildman–Crippen LogP) is 2.56. The van der Waals surface area contributed by atoms with Crippen molar-refractivity contribution in [2.75, 3.05) is 0 Å². The maximum absolute atomic E-state index is 13.0. The minimum atomic E-state index is -1.06. The van der Waals surface area contributed by atoms with Gasteiger partial charge in [0, 0.05) is 5.56 Å². The second-order valence-corrected chi connectivity index (χ2v) is 4.50. The van der Waals surface area contributed by atoms with Crippen molar-refractivity contribution in [2.45, 2.75) is 18.2 Å². The van der Waals surface area contributed by atoms with Crippen LogP contribution in [0.15, 0.2) is 18.2 Å². The van der Waals surface area contributed by atoms with Crippen LogP contribution < -0.4 is 0 Å². The molecule has 1 aromatic rings. The molecule has 0 spiro atoms. The molecule has 1 aromatic carbocycles. The fourth-order valence-electron chi connectivity index (χ4n) is 1.22. The van der Waals surface area contributed by atoms with Gasteiger partial charge < -0.3 is 5.11 Å². The smallest absolute Gasteiger partial charge is 0.304 e. The van der Waals surface area contributed by atoms with Crippen LogP contribution in [0.1, 0.15) is 22.3 Å². The molecule has 0 saturated heterocycles. The lowest BCUT2D eigenvalue weighted by Gasteiger charge is -2.07. The van der Waals surface area contributed by atoms with Gasteiger partial charge in [0.2, 0.25) is 0 Å². The van der Waals surface area contributed by atoms with Gasteiger partial charge >= 0.3 is 5.97 Å². The van der Waals surface area contributed by atoms with Crippen molar-refractivity contribution in [3.8, 4) is 0 Å². The number of hydrogen-bond donors (Lipinski definition) is 1. The van der Waals surface area contributed by atoms with E-state index in [1.54, 1.807) is 6.92 Å². The van der Waals surface area contributed by atoms with Crippen molar-refractivity contribution in [3.05, 3.63) is 35.1 Å². The van der Waals surface area contributed by atoms with Gasteiger partial charge in [0.05, 0.1) is 11.2 Å². The first-order valence-electron chi connectivity index (χ1n) is 4.58. The summed E-state index contributed by atoms with van der Waals surface area (Å²) in [5, 5.41) is 8.54. The Morgan fingerprint density at radius 3 is 2.62 bits per heavy atom. The van der Waals surface area contributed by atoms with Crippen LogP contribution in [0.5, 0.6) is 0 Å². The van der Waals surface area contributed by atoms with Crippen LogP contribution in [0, 0.1) is 12.7 Å². The van der Waals surface area contributed by atoms with E-state index in [4.69, 9.17) is 5.11 Å². The molecule has 86 valence electrons. The molecule has 0 saturated carbocycles. The number of alkyl halides is 1. The molecule has 0 radical (unpaired) electrons. The molecule has 16 heavy (non-hydrogen) atoms. The zero-order valence-corrected chi connectivity index (χ0v) is 10.1. The topological polar surface area (TPSA) is 54.4 Å². The van der Waals surface area contributed by atoms with E-state index in [0.717, 1.165) is 0 Å². The van der Waals surface area contributed by atoms with Crippen LogP contribution in [0.4, 0.5) is 4.39 Å². The Morgan fingerprint density at radius 1 is 1.50 bits per heavy atom. The molecule has 1 rings (SSSR count). The Hall–Kier alpha value is -1.23. The van der Waals surface area contributed by atoms with E-state index >= 15 is 0 Å². The number of halogens is 2. The number of benzene rings is 1. The molecule has 1 atom stereocenters. The second kappa shape index (κ2) is 5.21. The van der Waals surface area contributed by atoms with Crippen molar-refractivity contribution < 1.29 is 19.1 Å². The average Bonchev–Trinajstić information content (AvgIpc) is 2.20. The molecule has 5 heteroatoms. The summed E-state index contributed by atoms with van der Waals surface area (Å²) >= 11 is 3.00. The van der Waals surface area contributed by atoms with Gasteiger partial charge in [0.25, 0.3) is 0 Å². The molecule has 0 aliphatic heterocycles. The van der Waals surface area contributed by atoms with E-state index in [1.165, 1.54) is 18.2 Å². The molecule has 1 unspecified atom stereocenters. The van der Waals surface area contributed by atoms with Gasteiger partial charge in [-0.15, -0.1) is 0 Å². The highest BCUT2D eigenvalue weighted by Gasteiger charge is 2.20. The summed E-state index contributed by atoms with van der Waals surface area (Å²) in [7, 11) is 0. The van der Waals surface area contributed by atoms with Crippen molar-refractivity contribution in [2.24, 2.45) is 0 Å². The lowest BCUT2D eigenvalue weighted by molar-refractivity contribution is -0.136. The zero-order chi connectivity index (χ0) is 12.3. The SMILES string of the molecule is Cc1cc(C(=O)C(Br)CC(=O)O)ccc1F. The summed E-state index contributed by atoms with van der Waals surface area (Å²) in [4.78, 5) is 21.4. The van der Waals surface area contributed by atoms with Crippen LogP contribution in [0.2, 0.25) is 0 Å². The number of Topliss-reactive ketones (excluding diaryl/α,β-unsaturated/α-hetero) is 1. The predicted molar refractivity (Wildman–Crippen MR) is 60.4 cm³/mol. The fraction of sp³-hybridized carbons (Fsp3) is 0.273. The van der Waals surface area contributed by atoms with Crippen LogP contribution in [0.25, 0.3) is 0 Å². The van der Waals surface area contributed by atoms with Crippen molar-refractivity contribution in [3.63, 3.8) is 0 Å². The van der Waals surface area contributed by atoms with E-state index in [-0.39, 0.29) is 18.0 Å². The van der Waals surface area contributed by atoms with Crippen molar-refractivity contribution in [1.82, 2.24) is 0 Å². The lowest BCUT2D eigenvalue weighted by atomic mass is 10.0. The molecule has 3 nitrogen and oxygen atoms in total. The lowest BCUT2D eigenvalue weighted by Crippen LogP contribution is -2.18. The molecule has 0 fully saturated rings. The number of carbonyl (C=O) groups is 2. The van der Waals surface area contributed by atoms with E-state index in [2.05, 4.69) is 15.9 Å². The maximum atomic E-state index is 13.0. The normalized spacial score (nSPS) is 12.2. The third-order valence-electron chi connectivity index (χ3n) is 2.08. The van der Waals surface area contributed by atoms with Gasteiger partial charge in [-0.25, -0.2) is 4.39 Å². The molecular weight excluding hydrogens is 279 g/mol. The van der Waals surface area contributed by atoms with Gasteiger partial charge in [-0.2, -0.15) is 0 Å². The molecule has 0 aliphatic rings. The van der Waals surface area contributed by atoms with Crippen molar-refractivity contribution in [1.29, 1.82) is 0 Å². The summed E-state index contributed by atoms with van der Waals surface area (Å²) in [6.45, 7) is 1.55. The van der Waals surface area contributed by atoms with E-state index in [9.17, 15) is 14.0 Å². The van der Waals surface area contributed by atoms with Gasteiger partial charge in [-0.05, 0) is 30.7 Å². The monoisotopic (exact) mass is 288 g/mol. The summed E-state index contributed by atoms with van der Waals surface area (Å²) in [6.07, 6.45) is -0.296. The summed E-state index contributed by atoms with van der Waals surface area (Å²) in [5.74, 6) is -1.81. The Labute approximate surface area is 100 Å². The van der Waals surface area contributed by atoms with Crippen LogP contribution >= 0.6 is 15.9 Å². The summed E-state index contributed by atoms with van der Waals surface area (Å²) in [6, 6.07) is 3.96. The van der Waals surface area contributed by atoms with Gasteiger partial charge in [0.1, 0.15) is 5.82 Å². The zero-order valence-electron chi connectivity index (χ0n) is 8.54. The number of carbonyl (C=O) groups excluding carboxylic acids is 1. The second-order valence-electron chi connectivity index (χ2n) is 3.39. The Bertz CT molecular complexity index is 431. The van der Waals surface area contributed by atoms with E-state index < -0.39 is 10.8 Å². The summed E-state index contributed by atoms with van der Waals surface area (Å²) < 4.78 is 13.0. The molecule has 0 aliphatic carbocycles. The van der Waals surface area contributed by atoms with Crippen LogP contribution in [-0.2, 0) is 4.79 Å². The van der Waals surface area contributed by atoms with Gasteiger partial charge in [-0.3, -0.25) is 9.59 Å². The fourth-order valence-corrected chi connectivity index (χ4v) is 1.77. The first kappa shape index (κ1) is 12.8. The molecule has 1 N–H and O–H groups in total. The molecule has 0 bridgehead atoms. The number of carboxylic acid groups (broad SMARTS) is 1. The van der Waals surface area contributed by atoms with Crippen LogP contribution in [-0.4, -0.2) is 21.7 Å². The number of aryl methyl sites for hydroxylation is 1. The first-order valence-corrected chi connectivity index (χ1v) is 5.49. The maximum Gasteiger partial charge on any atom is 0.304 e. The Kier molecular flexibility index (Phi) is 4.18. The number of carboxylic acids is 1. The first-order chi connectivity index (χ1) is 7.41. The molecule has 0 amide bonds. The minimum Gasteiger partial charge on any atom is -0.481 e. The van der Waals surface area contributed by atoms with Crippen LogP contribution in [0.3, 0.4) is 0 Å². The highest BCUT2D eigenvalue weighted by atomic mass is 79.9. The number of hydrogen-bond acceptors (Lipinski definition) is 2.